The Labute approximate surface area is 187 Å². The van der Waals surface area contributed by atoms with E-state index < -0.39 is 11.7 Å². The van der Waals surface area contributed by atoms with Crippen LogP contribution < -0.4 is 5.32 Å². The number of amides is 1. The second-order valence-electron chi connectivity index (χ2n) is 8.77. The molecule has 0 radical (unpaired) electrons. The molecule has 0 saturated carbocycles. The van der Waals surface area contributed by atoms with Crippen molar-refractivity contribution in [3.05, 3.63) is 71.5 Å². The van der Waals surface area contributed by atoms with E-state index in [2.05, 4.69) is 37.7 Å². The van der Waals surface area contributed by atoms with Crippen LogP contribution in [0.25, 0.3) is 0 Å². The highest BCUT2D eigenvalue weighted by atomic mass is 16.5. The molecule has 1 amide bonds. The minimum atomic E-state index is -0.553. The number of aromatic nitrogens is 3. The molecule has 0 aliphatic carbocycles. The number of hydrogen-bond donors (Lipinski definition) is 1. The van der Waals surface area contributed by atoms with E-state index >= 15 is 0 Å². The fourth-order valence-corrected chi connectivity index (χ4v) is 4.69. The van der Waals surface area contributed by atoms with Crippen molar-refractivity contribution in [2.24, 2.45) is 0 Å². The normalized spacial score (nSPS) is 20.2. The smallest absolute Gasteiger partial charge is 0.251 e. The Kier molecular flexibility index (Phi) is 5.57. The number of carbonyl (C=O) groups is 1. The quantitative estimate of drug-likeness (QED) is 0.663. The predicted molar refractivity (Wildman–Crippen MR) is 118 cm³/mol. The number of hydrogen-bond acceptors (Lipinski definition) is 6. The van der Waals surface area contributed by atoms with Crippen LogP contribution in [0.15, 0.2) is 47.3 Å². The molecule has 1 N–H and O–H groups in total. The Balaban J connectivity index is 1.26. The van der Waals surface area contributed by atoms with Crippen LogP contribution in [0.3, 0.4) is 0 Å². The van der Waals surface area contributed by atoms with Crippen molar-refractivity contribution in [2.45, 2.75) is 58.0 Å². The van der Waals surface area contributed by atoms with Gasteiger partial charge in [-0.15, -0.1) is 0 Å². The molecule has 5 rings (SSSR count). The average molecular weight is 436 g/mol. The summed E-state index contributed by atoms with van der Waals surface area (Å²) in [6.45, 7) is 7.43. The number of pyridine rings is 1. The zero-order valence-electron chi connectivity index (χ0n) is 18.6. The standard InChI is InChI=1S/C24H29N5O3/c1-17-13-20(31-18(17)2)15-28-10-6-24(7-11-28)23-26-9-12-29(23)16-21(32-24)22(30)27-14-19-5-3-4-8-25-19/h3-5,8-9,12-13,21H,6-7,10-11,14-16H2,1-2H3,(H,27,30). The first kappa shape index (κ1) is 20.9. The van der Waals surface area contributed by atoms with Crippen molar-refractivity contribution in [1.29, 1.82) is 0 Å². The Hall–Kier alpha value is -2.97. The fourth-order valence-electron chi connectivity index (χ4n) is 4.69. The van der Waals surface area contributed by atoms with E-state index in [1.165, 1.54) is 5.56 Å². The molecule has 3 aromatic rings. The molecule has 5 heterocycles. The molecule has 1 unspecified atom stereocenters. The van der Waals surface area contributed by atoms with Gasteiger partial charge in [0.05, 0.1) is 25.3 Å². The van der Waals surface area contributed by atoms with Crippen LogP contribution >= 0.6 is 0 Å². The lowest BCUT2D eigenvalue weighted by Gasteiger charge is -2.45. The van der Waals surface area contributed by atoms with Crippen LogP contribution in [-0.2, 0) is 34.8 Å². The summed E-state index contributed by atoms with van der Waals surface area (Å²) in [5, 5.41) is 2.98. The molecule has 8 nitrogen and oxygen atoms in total. The van der Waals surface area contributed by atoms with E-state index in [9.17, 15) is 4.79 Å². The molecule has 8 heteroatoms. The highest BCUT2D eigenvalue weighted by molar-refractivity contribution is 5.80. The average Bonchev–Trinajstić information content (AvgIpc) is 3.41. The second-order valence-corrected chi connectivity index (χ2v) is 8.77. The number of furan rings is 1. The van der Waals surface area contributed by atoms with Crippen LogP contribution in [0, 0.1) is 13.8 Å². The number of rotatable bonds is 5. The van der Waals surface area contributed by atoms with E-state index in [-0.39, 0.29) is 5.91 Å². The predicted octanol–water partition coefficient (Wildman–Crippen LogP) is 2.69. The first-order valence-corrected chi connectivity index (χ1v) is 11.2. The molecule has 2 aliphatic rings. The summed E-state index contributed by atoms with van der Waals surface area (Å²) in [6, 6.07) is 7.79. The van der Waals surface area contributed by atoms with Crippen molar-refractivity contribution in [2.75, 3.05) is 13.1 Å². The highest BCUT2D eigenvalue weighted by Gasteiger charge is 2.47. The summed E-state index contributed by atoms with van der Waals surface area (Å²) in [4.78, 5) is 24.2. The number of likely N-dealkylation sites (tertiary alicyclic amines) is 1. The lowest BCUT2D eigenvalue weighted by atomic mass is 9.88. The van der Waals surface area contributed by atoms with Gasteiger partial charge in [-0.3, -0.25) is 14.7 Å². The Bertz CT molecular complexity index is 1060. The van der Waals surface area contributed by atoms with Gasteiger partial charge in [-0.1, -0.05) is 6.07 Å². The van der Waals surface area contributed by atoms with Crippen LogP contribution in [-0.4, -0.2) is 44.5 Å². The summed E-state index contributed by atoms with van der Waals surface area (Å²) in [6.07, 6.45) is 6.49. The molecule has 1 saturated heterocycles. The zero-order chi connectivity index (χ0) is 22.1. The number of fused-ring (bicyclic) bond motifs is 2. The van der Waals surface area contributed by atoms with Crippen molar-refractivity contribution < 1.29 is 13.9 Å². The third kappa shape index (κ3) is 4.08. The molecule has 1 atom stereocenters. The number of piperidine rings is 1. The monoisotopic (exact) mass is 435 g/mol. The second kappa shape index (κ2) is 8.52. The van der Waals surface area contributed by atoms with Crippen molar-refractivity contribution >= 4 is 5.91 Å². The van der Waals surface area contributed by atoms with Crippen LogP contribution in [0.1, 0.15) is 41.4 Å². The molecule has 1 fully saturated rings. The largest absolute Gasteiger partial charge is 0.465 e. The van der Waals surface area contributed by atoms with Crippen LogP contribution in [0.2, 0.25) is 0 Å². The van der Waals surface area contributed by atoms with E-state index in [1.54, 1.807) is 12.4 Å². The van der Waals surface area contributed by atoms with Gasteiger partial charge in [0, 0.05) is 31.7 Å². The zero-order valence-corrected chi connectivity index (χ0v) is 18.6. The maximum absolute atomic E-state index is 12.9. The number of nitrogens with one attached hydrogen (secondary N) is 1. The maximum atomic E-state index is 12.9. The van der Waals surface area contributed by atoms with Gasteiger partial charge in [-0.05, 0) is 50.5 Å². The Morgan fingerprint density at radius 1 is 1.22 bits per heavy atom. The van der Waals surface area contributed by atoms with E-state index in [0.717, 1.165) is 55.5 Å². The van der Waals surface area contributed by atoms with Gasteiger partial charge in [-0.2, -0.15) is 0 Å². The topological polar surface area (TPSA) is 85.4 Å². The number of imidazole rings is 1. The van der Waals surface area contributed by atoms with Gasteiger partial charge >= 0.3 is 0 Å². The molecule has 0 aromatic carbocycles. The molecule has 1 spiro atoms. The first-order valence-electron chi connectivity index (χ1n) is 11.2. The maximum Gasteiger partial charge on any atom is 0.251 e. The summed E-state index contributed by atoms with van der Waals surface area (Å²) < 4.78 is 14.4. The molecule has 0 bridgehead atoms. The first-order chi connectivity index (χ1) is 15.5. The van der Waals surface area contributed by atoms with E-state index in [4.69, 9.17) is 9.15 Å². The van der Waals surface area contributed by atoms with Gasteiger partial charge in [0.25, 0.3) is 5.91 Å². The summed E-state index contributed by atoms with van der Waals surface area (Å²) in [5.41, 5.74) is 1.47. The van der Waals surface area contributed by atoms with Gasteiger partial charge in [0.2, 0.25) is 0 Å². The number of nitrogens with zero attached hydrogens (tertiary/aromatic N) is 4. The van der Waals surface area contributed by atoms with E-state index in [0.29, 0.717) is 13.1 Å². The van der Waals surface area contributed by atoms with Crippen LogP contribution in [0.4, 0.5) is 0 Å². The Morgan fingerprint density at radius 2 is 2.06 bits per heavy atom. The van der Waals surface area contributed by atoms with Gasteiger partial charge in [-0.25, -0.2) is 4.98 Å². The van der Waals surface area contributed by atoms with Crippen molar-refractivity contribution in [3.8, 4) is 0 Å². The third-order valence-corrected chi connectivity index (χ3v) is 6.58. The van der Waals surface area contributed by atoms with Crippen LogP contribution in [0.5, 0.6) is 0 Å². The molecule has 32 heavy (non-hydrogen) atoms. The summed E-state index contributed by atoms with van der Waals surface area (Å²) >= 11 is 0. The lowest BCUT2D eigenvalue weighted by Crippen LogP contribution is -2.53. The third-order valence-electron chi connectivity index (χ3n) is 6.58. The van der Waals surface area contributed by atoms with E-state index in [1.807, 2.05) is 31.3 Å². The highest BCUT2D eigenvalue weighted by Crippen LogP contribution is 2.40. The molecular formula is C24H29N5O3. The van der Waals surface area contributed by atoms with Gasteiger partial charge in [0.1, 0.15) is 22.9 Å². The molecule has 3 aromatic heterocycles. The summed E-state index contributed by atoms with van der Waals surface area (Å²) in [7, 11) is 0. The molecule has 168 valence electrons. The Morgan fingerprint density at radius 3 is 2.78 bits per heavy atom. The number of ether oxygens (including phenoxy) is 1. The SMILES string of the molecule is Cc1cc(CN2CCC3(CC2)OC(C(=O)NCc2ccccn2)Cn2ccnc23)oc1C. The van der Waals surface area contributed by atoms with Gasteiger partial charge in [0.15, 0.2) is 6.10 Å². The number of aryl methyl sites for hydroxylation is 2. The summed E-state index contributed by atoms with van der Waals surface area (Å²) in [5.74, 6) is 2.79. The van der Waals surface area contributed by atoms with Crippen molar-refractivity contribution in [1.82, 2.24) is 24.8 Å². The van der Waals surface area contributed by atoms with Gasteiger partial charge < -0.3 is 19.0 Å². The van der Waals surface area contributed by atoms with Crippen molar-refractivity contribution in [3.63, 3.8) is 0 Å². The minimum Gasteiger partial charge on any atom is -0.465 e. The number of carbonyl (C=O) groups excluding carboxylic acids is 1. The molecular weight excluding hydrogens is 406 g/mol. The fraction of sp³-hybridized carbons (Fsp3) is 0.458. The molecule has 2 aliphatic heterocycles. The lowest BCUT2D eigenvalue weighted by molar-refractivity contribution is -0.174. The minimum absolute atomic E-state index is 0.113.